The Morgan fingerprint density at radius 1 is 1.27 bits per heavy atom. The van der Waals surface area contributed by atoms with E-state index in [-0.39, 0.29) is 21.2 Å². The third kappa shape index (κ3) is 2.85. The minimum absolute atomic E-state index is 0.108. The van der Waals surface area contributed by atoms with Crippen molar-refractivity contribution in [3.05, 3.63) is 61.5 Å². The molecule has 0 aliphatic carbocycles. The van der Waals surface area contributed by atoms with E-state index < -0.39 is 0 Å². The summed E-state index contributed by atoms with van der Waals surface area (Å²) in [6.07, 6.45) is 2.76. The number of hydrogen-bond acceptors (Lipinski definition) is 6. The second-order valence-corrected chi connectivity index (χ2v) is 7.19. The molecule has 26 heavy (non-hydrogen) atoms. The van der Waals surface area contributed by atoms with Crippen LogP contribution in [0.2, 0.25) is 5.02 Å². The summed E-state index contributed by atoms with van der Waals surface area (Å²) in [6, 6.07) is 7.47. The number of non-ortho nitro benzene ring substituents is 1. The summed E-state index contributed by atoms with van der Waals surface area (Å²) in [4.78, 5) is 26.9. The SMILES string of the molecule is Cn1ncc(N2CC3CC(C2)N3Cc2ccc([N+](=O)[O-])cc2)c(Cl)c1=O. The van der Waals surface area contributed by atoms with Crippen molar-refractivity contribution in [1.29, 1.82) is 0 Å². The van der Waals surface area contributed by atoms with Gasteiger partial charge >= 0.3 is 0 Å². The first kappa shape index (κ1) is 17.0. The molecule has 0 N–H and O–H groups in total. The summed E-state index contributed by atoms with van der Waals surface area (Å²) in [5.74, 6) is 0. The van der Waals surface area contributed by atoms with E-state index in [1.54, 1.807) is 25.4 Å². The highest BCUT2D eigenvalue weighted by atomic mass is 35.5. The molecule has 136 valence electrons. The number of piperazine rings is 1. The maximum Gasteiger partial charge on any atom is 0.287 e. The van der Waals surface area contributed by atoms with Crippen molar-refractivity contribution >= 4 is 23.0 Å². The molecule has 5 rings (SSSR count). The molecule has 0 amide bonds. The van der Waals surface area contributed by atoms with Gasteiger partial charge in [0.15, 0.2) is 0 Å². The maximum absolute atomic E-state index is 12.0. The minimum Gasteiger partial charge on any atom is -0.366 e. The lowest BCUT2D eigenvalue weighted by Gasteiger charge is -2.57. The molecule has 4 heterocycles. The van der Waals surface area contributed by atoms with Crippen molar-refractivity contribution in [1.82, 2.24) is 14.7 Å². The first-order chi connectivity index (χ1) is 12.4. The van der Waals surface area contributed by atoms with Gasteiger partial charge in [-0.2, -0.15) is 5.10 Å². The second-order valence-electron chi connectivity index (χ2n) is 6.82. The van der Waals surface area contributed by atoms with Gasteiger partial charge in [-0.1, -0.05) is 23.7 Å². The number of anilines is 1. The number of nitro benzene ring substituents is 1. The molecule has 3 saturated heterocycles. The van der Waals surface area contributed by atoms with Crippen LogP contribution in [-0.4, -0.2) is 44.8 Å². The number of aryl methyl sites for hydroxylation is 1. The van der Waals surface area contributed by atoms with Crippen LogP contribution in [0, 0.1) is 10.1 Å². The zero-order valence-electron chi connectivity index (χ0n) is 14.2. The fraction of sp³-hybridized carbons (Fsp3) is 0.412. The van der Waals surface area contributed by atoms with Crippen LogP contribution < -0.4 is 10.5 Å². The molecule has 1 aromatic heterocycles. The Morgan fingerprint density at radius 2 is 1.92 bits per heavy atom. The molecule has 1 aromatic carbocycles. The van der Waals surface area contributed by atoms with E-state index >= 15 is 0 Å². The van der Waals surface area contributed by atoms with Crippen molar-refractivity contribution in [2.24, 2.45) is 7.05 Å². The van der Waals surface area contributed by atoms with Crippen LogP contribution in [0.4, 0.5) is 11.4 Å². The summed E-state index contributed by atoms with van der Waals surface area (Å²) in [5.41, 5.74) is 1.58. The van der Waals surface area contributed by atoms with Gasteiger partial charge < -0.3 is 4.90 Å². The Morgan fingerprint density at radius 3 is 2.54 bits per heavy atom. The zero-order chi connectivity index (χ0) is 18.4. The summed E-state index contributed by atoms with van der Waals surface area (Å²) in [5, 5.41) is 15.0. The zero-order valence-corrected chi connectivity index (χ0v) is 15.0. The number of halogens is 1. The van der Waals surface area contributed by atoms with Gasteiger partial charge in [-0.3, -0.25) is 19.8 Å². The van der Waals surface area contributed by atoms with E-state index in [1.165, 1.54) is 4.68 Å². The van der Waals surface area contributed by atoms with Crippen LogP contribution in [0.3, 0.4) is 0 Å². The molecule has 3 fully saturated rings. The predicted molar refractivity (Wildman–Crippen MR) is 97.5 cm³/mol. The lowest BCUT2D eigenvalue weighted by Crippen LogP contribution is -2.68. The maximum atomic E-state index is 12.0. The van der Waals surface area contributed by atoms with E-state index in [0.717, 1.165) is 31.6 Å². The Labute approximate surface area is 154 Å². The van der Waals surface area contributed by atoms with E-state index in [0.29, 0.717) is 17.8 Å². The van der Waals surface area contributed by atoms with Gasteiger partial charge in [0, 0.05) is 50.9 Å². The minimum atomic E-state index is -0.387. The molecular weight excluding hydrogens is 358 g/mol. The molecule has 2 atom stereocenters. The average molecular weight is 376 g/mol. The molecule has 2 aromatic rings. The highest BCUT2D eigenvalue weighted by Gasteiger charge is 2.44. The smallest absolute Gasteiger partial charge is 0.287 e. The van der Waals surface area contributed by atoms with Gasteiger partial charge in [0.05, 0.1) is 16.8 Å². The third-order valence-electron chi connectivity index (χ3n) is 5.26. The van der Waals surface area contributed by atoms with Gasteiger partial charge in [0.1, 0.15) is 5.02 Å². The highest BCUT2D eigenvalue weighted by molar-refractivity contribution is 6.33. The average Bonchev–Trinajstić information content (AvgIpc) is 2.64. The van der Waals surface area contributed by atoms with Crippen LogP contribution in [0.5, 0.6) is 0 Å². The summed E-state index contributed by atoms with van der Waals surface area (Å²) >= 11 is 6.22. The standard InChI is InChI=1S/C17H18ClN5O3/c1-20-17(24)16(18)15(7-19-20)21-9-13-6-14(10-21)22(13)8-11-2-4-12(5-3-11)23(25)26/h2-5,7,13-14H,6,8-10H2,1H3. The van der Waals surface area contributed by atoms with Crippen molar-refractivity contribution in [3.8, 4) is 0 Å². The quantitative estimate of drug-likeness (QED) is 0.598. The largest absolute Gasteiger partial charge is 0.366 e. The molecule has 9 heteroatoms. The number of nitrogens with zero attached hydrogens (tertiary/aromatic N) is 5. The molecule has 2 unspecified atom stereocenters. The van der Waals surface area contributed by atoms with Crippen LogP contribution >= 0.6 is 11.6 Å². The van der Waals surface area contributed by atoms with E-state index in [1.807, 2.05) is 12.1 Å². The fourth-order valence-corrected chi connectivity index (χ4v) is 4.09. The van der Waals surface area contributed by atoms with Gasteiger partial charge in [0.25, 0.3) is 11.2 Å². The van der Waals surface area contributed by atoms with E-state index in [9.17, 15) is 14.9 Å². The Bertz CT molecular complexity index is 902. The van der Waals surface area contributed by atoms with Crippen molar-refractivity contribution < 1.29 is 4.92 Å². The number of benzene rings is 1. The van der Waals surface area contributed by atoms with E-state index in [2.05, 4.69) is 14.9 Å². The molecule has 3 aliphatic heterocycles. The Balaban J connectivity index is 1.45. The summed E-state index contributed by atoms with van der Waals surface area (Å²) < 4.78 is 1.23. The number of piperidine rings is 1. The van der Waals surface area contributed by atoms with Crippen LogP contribution in [0.1, 0.15) is 12.0 Å². The lowest BCUT2D eigenvalue weighted by molar-refractivity contribution is -0.384. The van der Waals surface area contributed by atoms with Crippen molar-refractivity contribution in [2.45, 2.75) is 25.0 Å². The molecular formula is C17H18ClN5O3. The highest BCUT2D eigenvalue weighted by Crippen LogP contribution is 2.37. The van der Waals surface area contributed by atoms with Gasteiger partial charge in [-0.25, -0.2) is 4.68 Å². The topological polar surface area (TPSA) is 84.5 Å². The predicted octanol–water partition coefficient (Wildman–Crippen LogP) is 1.81. The second kappa shape index (κ2) is 6.37. The molecule has 0 saturated carbocycles. The molecule has 2 bridgehead atoms. The summed E-state index contributed by atoms with van der Waals surface area (Å²) in [6.45, 7) is 2.35. The van der Waals surface area contributed by atoms with Crippen LogP contribution in [-0.2, 0) is 13.6 Å². The molecule has 3 aliphatic rings. The van der Waals surface area contributed by atoms with Crippen LogP contribution in [0.15, 0.2) is 35.3 Å². The first-order valence-electron chi connectivity index (χ1n) is 8.40. The number of nitro groups is 1. The number of fused-ring (bicyclic) bond motifs is 2. The number of hydrogen-bond donors (Lipinski definition) is 0. The molecule has 0 radical (unpaired) electrons. The van der Waals surface area contributed by atoms with E-state index in [4.69, 9.17) is 11.6 Å². The normalized spacial score (nSPS) is 22.2. The number of aromatic nitrogens is 2. The Kier molecular flexibility index (Phi) is 4.16. The van der Waals surface area contributed by atoms with Gasteiger partial charge in [-0.05, 0) is 12.0 Å². The molecule has 8 nitrogen and oxygen atoms in total. The third-order valence-corrected chi connectivity index (χ3v) is 5.61. The van der Waals surface area contributed by atoms with Crippen LogP contribution in [0.25, 0.3) is 0 Å². The first-order valence-corrected chi connectivity index (χ1v) is 8.77. The lowest BCUT2D eigenvalue weighted by atomic mass is 9.86. The van der Waals surface area contributed by atoms with Crippen molar-refractivity contribution in [3.63, 3.8) is 0 Å². The van der Waals surface area contributed by atoms with Crippen molar-refractivity contribution in [2.75, 3.05) is 18.0 Å². The van der Waals surface area contributed by atoms with Gasteiger partial charge in [0.2, 0.25) is 0 Å². The number of rotatable bonds is 4. The fourth-order valence-electron chi connectivity index (χ4n) is 3.80. The summed E-state index contributed by atoms with van der Waals surface area (Å²) in [7, 11) is 1.58. The van der Waals surface area contributed by atoms with Gasteiger partial charge in [-0.15, -0.1) is 0 Å². The monoisotopic (exact) mass is 375 g/mol. The Hall–Kier alpha value is -2.45. The molecule has 0 spiro atoms.